The summed E-state index contributed by atoms with van der Waals surface area (Å²) in [5.74, 6) is 0.825. The number of carbonyl (C=O) groups is 2. The van der Waals surface area contributed by atoms with E-state index >= 15 is 0 Å². The van der Waals surface area contributed by atoms with Gasteiger partial charge in [0.25, 0.3) is 0 Å². The van der Waals surface area contributed by atoms with Crippen LogP contribution in [0.5, 0.6) is 0 Å². The van der Waals surface area contributed by atoms with Gasteiger partial charge in [-0.2, -0.15) is 0 Å². The van der Waals surface area contributed by atoms with Gasteiger partial charge in [-0.25, -0.2) is 9.59 Å². The molecule has 0 aromatic rings. The molecule has 0 saturated heterocycles. The van der Waals surface area contributed by atoms with Crippen LogP contribution in [0.2, 0.25) is 0 Å². The summed E-state index contributed by atoms with van der Waals surface area (Å²) in [4.78, 5) is 23.3. The van der Waals surface area contributed by atoms with Gasteiger partial charge in [-0.3, -0.25) is 0 Å². The maximum absolute atomic E-state index is 11.7. The van der Waals surface area contributed by atoms with Gasteiger partial charge in [-0.1, -0.05) is 19.6 Å². The van der Waals surface area contributed by atoms with E-state index in [1.807, 2.05) is 13.8 Å². The van der Waals surface area contributed by atoms with Crippen molar-refractivity contribution in [1.29, 1.82) is 0 Å². The molecule has 6 atom stereocenters. The first kappa shape index (κ1) is 19.2. The Bertz CT molecular complexity index is 597. The Morgan fingerprint density at radius 3 is 2.27 bits per heavy atom. The van der Waals surface area contributed by atoms with E-state index in [0.29, 0.717) is 0 Å². The van der Waals surface area contributed by atoms with Crippen LogP contribution in [0.3, 0.4) is 0 Å². The third-order valence-electron chi connectivity index (χ3n) is 7.42. The molecule has 2 bridgehead atoms. The second-order valence-corrected chi connectivity index (χ2v) is 8.75. The molecule has 0 aromatic carbocycles. The van der Waals surface area contributed by atoms with Gasteiger partial charge in [0.15, 0.2) is 0 Å². The van der Waals surface area contributed by atoms with E-state index in [4.69, 9.17) is 9.47 Å². The van der Waals surface area contributed by atoms with Crippen LogP contribution < -0.4 is 0 Å². The third-order valence-corrected chi connectivity index (χ3v) is 7.42. The van der Waals surface area contributed by atoms with E-state index in [1.165, 1.54) is 50.7 Å². The molecule has 0 amide bonds. The van der Waals surface area contributed by atoms with Crippen molar-refractivity contribution in [2.45, 2.75) is 77.4 Å². The molecule has 0 radical (unpaired) electrons. The number of esters is 2. The number of ether oxygens (including phenoxy) is 2. The zero-order valence-corrected chi connectivity index (χ0v) is 16.2. The minimum atomic E-state index is -0.341. The van der Waals surface area contributed by atoms with Crippen molar-refractivity contribution in [3.05, 3.63) is 25.3 Å². The Morgan fingerprint density at radius 1 is 1.04 bits per heavy atom. The summed E-state index contributed by atoms with van der Waals surface area (Å²) < 4.78 is 11.1. The fourth-order valence-corrected chi connectivity index (χ4v) is 6.91. The number of carbonyl (C=O) groups excluding carboxylic acids is 2. The van der Waals surface area contributed by atoms with Crippen LogP contribution >= 0.6 is 0 Å². The molecular weight excluding hydrogens is 328 g/mol. The van der Waals surface area contributed by atoms with E-state index in [-0.39, 0.29) is 35.0 Å². The van der Waals surface area contributed by atoms with Crippen molar-refractivity contribution in [1.82, 2.24) is 0 Å². The van der Waals surface area contributed by atoms with Crippen LogP contribution in [0.15, 0.2) is 25.3 Å². The molecule has 4 nitrogen and oxygen atoms in total. The van der Waals surface area contributed by atoms with E-state index in [0.717, 1.165) is 24.7 Å². The Morgan fingerprint density at radius 2 is 1.65 bits per heavy atom. The molecule has 4 heteroatoms. The molecule has 3 rings (SSSR count). The molecule has 3 saturated carbocycles. The van der Waals surface area contributed by atoms with Gasteiger partial charge in [0.2, 0.25) is 0 Å². The highest BCUT2D eigenvalue weighted by Gasteiger charge is 2.68. The average Bonchev–Trinajstić information content (AvgIpc) is 3.25. The van der Waals surface area contributed by atoms with Crippen LogP contribution in [0.25, 0.3) is 0 Å². The Kier molecular flexibility index (Phi) is 5.32. The Labute approximate surface area is 157 Å². The summed E-state index contributed by atoms with van der Waals surface area (Å²) in [6.07, 6.45) is 11.5. The number of rotatable bonds is 8. The van der Waals surface area contributed by atoms with Crippen LogP contribution in [-0.4, -0.2) is 24.1 Å². The smallest absolute Gasteiger partial charge is 0.330 e. The standard InChI is InChI=1S/C22H32O4/c1-5-19(23)25-15(3)12-21-11-9-17(14-21)18-8-7-10-22(18,21)13-16(4)26-20(24)6-2/h5-6,15-18H,1-2,7-14H2,3-4H3. The van der Waals surface area contributed by atoms with Crippen molar-refractivity contribution >= 4 is 11.9 Å². The lowest BCUT2D eigenvalue weighted by molar-refractivity contribution is -0.150. The van der Waals surface area contributed by atoms with E-state index in [9.17, 15) is 9.59 Å². The monoisotopic (exact) mass is 360 g/mol. The minimum absolute atomic E-state index is 0.108. The molecule has 0 aliphatic heterocycles. The lowest BCUT2D eigenvalue weighted by Gasteiger charge is -2.50. The highest BCUT2D eigenvalue weighted by molar-refractivity contribution is 5.81. The second-order valence-electron chi connectivity index (χ2n) is 8.75. The summed E-state index contributed by atoms with van der Waals surface area (Å²) in [5.41, 5.74) is 0.417. The van der Waals surface area contributed by atoms with Crippen LogP contribution in [0.4, 0.5) is 0 Å². The molecule has 144 valence electrons. The zero-order valence-electron chi connectivity index (χ0n) is 16.2. The molecule has 0 aromatic heterocycles. The van der Waals surface area contributed by atoms with Gasteiger partial charge >= 0.3 is 11.9 Å². The SMILES string of the molecule is C=CC(=O)OC(C)CC12CCC(C1)C1CCCC12CC(C)OC(=O)C=C. The van der Waals surface area contributed by atoms with E-state index in [2.05, 4.69) is 13.2 Å². The summed E-state index contributed by atoms with van der Waals surface area (Å²) in [5, 5.41) is 0. The van der Waals surface area contributed by atoms with Crippen molar-refractivity contribution in [2.75, 3.05) is 0 Å². The first-order chi connectivity index (χ1) is 12.4. The zero-order chi connectivity index (χ0) is 18.9. The molecule has 26 heavy (non-hydrogen) atoms. The maximum atomic E-state index is 11.7. The predicted molar refractivity (Wildman–Crippen MR) is 100 cm³/mol. The molecule has 3 aliphatic rings. The van der Waals surface area contributed by atoms with Gasteiger partial charge in [0.05, 0.1) is 12.2 Å². The minimum Gasteiger partial charge on any atom is -0.460 e. The Hall–Kier alpha value is -1.58. The van der Waals surface area contributed by atoms with Crippen molar-refractivity contribution in [3.63, 3.8) is 0 Å². The normalized spacial score (nSPS) is 36.8. The molecule has 0 spiro atoms. The summed E-state index contributed by atoms with van der Waals surface area (Å²) >= 11 is 0. The van der Waals surface area contributed by atoms with Crippen molar-refractivity contribution < 1.29 is 19.1 Å². The fraction of sp³-hybridized carbons (Fsp3) is 0.727. The largest absolute Gasteiger partial charge is 0.460 e. The van der Waals surface area contributed by atoms with Crippen LogP contribution in [0, 0.1) is 22.7 Å². The average molecular weight is 360 g/mol. The number of hydrogen-bond acceptors (Lipinski definition) is 4. The molecule has 3 aliphatic carbocycles. The molecule has 3 fully saturated rings. The van der Waals surface area contributed by atoms with Crippen molar-refractivity contribution in [2.24, 2.45) is 22.7 Å². The molecule has 0 N–H and O–H groups in total. The van der Waals surface area contributed by atoms with Gasteiger partial charge < -0.3 is 9.47 Å². The van der Waals surface area contributed by atoms with E-state index < -0.39 is 0 Å². The lowest BCUT2D eigenvalue weighted by atomic mass is 9.55. The third kappa shape index (κ3) is 3.12. The topological polar surface area (TPSA) is 52.6 Å². The second kappa shape index (κ2) is 7.21. The van der Waals surface area contributed by atoms with Gasteiger partial charge in [0, 0.05) is 12.2 Å². The highest BCUT2D eigenvalue weighted by atomic mass is 16.5. The number of hydrogen-bond donors (Lipinski definition) is 0. The lowest BCUT2D eigenvalue weighted by Crippen LogP contribution is -2.45. The molecule has 6 unspecified atom stereocenters. The number of fused-ring (bicyclic) bond motifs is 5. The summed E-state index contributed by atoms with van der Waals surface area (Å²) in [6.45, 7) is 11.0. The quantitative estimate of drug-likeness (QED) is 0.469. The van der Waals surface area contributed by atoms with Gasteiger partial charge in [-0.05, 0) is 81.5 Å². The first-order valence-corrected chi connectivity index (χ1v) is 10.0. The van der Waals surface area contributed by atoms with Crippen LogP contribution in [-0.2, 0) is 19.1 Å². The summed E-state index contributed by atoms with van der Waals surface area (Å²) in [7, 11) is 0. The fourth-order valence-electron chi connectivity index (χ4n) is 6.91. The predicted octanol–water partition coefficient (Wildman–Crippen LogP) is 4.59. The highest BCUT2D eigenvalue weighted by Crippen LogP contribution is 2.75. The van der Waals surface area contributed by atoms with Gasteiger partial charge in [0.1, 0.15) is 0 Å². The van der Waals surface area contributed by atoms with Crippen molar-refractivity contribution in [3.8, 4) is 0 Å². The summed E-state index contributed by atoms with van der Waals surface area (Å²) in [6, 6.07) is 0. The molecule has 0 heterocycles. The first-order valence-electron chi connectivity index (χ1n) is 10.0. The molecular formula is C22H32O4. The Balaban J connectivity index is 1.80. The maximum Gasteiger partial charge on any atom is 0.330 e. The van der Waals surface area contributed by atoms with Crippen LogP contribution in [0.1, 0.15) is 65.2 Å². The van der Waals surface area contributed by atoms with Gasteiger partial charge in [-0.15, -0.1) is 0 Å². The van der Waals surface area contributed by atoms with E-state index in [1.54, 1.807) is 0 Å².